The van der Waals surface area contributed by atoms with Gasteiger partial charge >= 0.3 is 12.1 Å². The van der Waals surface area contributed by atoms with Crippen molar-refractivity contribution in [3.63, 3.8) is 0 Å². The van der Waals surface area contributed by atoms with Gasteiger partial charge in [-0.05, 0) is 69.9 Å². The molecule has 1 aliphatic heterocycles. The zero-order valence-electron chi connectivity index (χ0n) is 34.7. The molecule has 2 aromatic rings. The molecule has 0 saturated carbocycles. The topological polar surface area (TPSA) is 198 Å². The lowest BCUT2D eigenvalue weighted by molar-refractivity contribution is -0.153. The van der Waals surface area contributed by atoms with E-state index in [1.807, 2.05) is 81.4 Å². The van der Waals surface area contributed by atoms with Crippen LogP contribution in [0.1, 0.15) is 97.6 Å². The van der Waals surface area contributed by atoms with Crippen molar-refractivity contribution in [1.29, 1.82) is 0 Å². The molecule has 2 aromatic carbocycles. The Balaban J connectivity index is 1.79. The Morgan fingerprint density at radius 1 is 0.772 bits per heavy atom. The summed E-state index contributed by atoms with van der Waals surface area (Å²) in [6, 6.07) is 14.7. The molecule has 1 saturated heterocycles. The van der Waals surface area contributed by atoms with E-state index in [-0.39, 0.29) is 57.0 Å². The van der Waals surface area contributed by atoms with Gasteiger partial charge in [0.1, 0.15) is 29.3 Å². The summed E-state index contributed by atoms with van der Waals surface area (Å²) >= 11 is 0. The smallest absolute Gasteiger partial charge is 0.408 e. The normalized spacial score (nSPS) is 16.0. The molecule has 314 valence electrons. The molecule has 4 atom stereocenters. The largest absolute Gasteiger partial charge is 0.467 e. The predicted molar refractivity (Wildman–Crippen MR) is 218 cm³/mol. The molecular weight excluding hydrogens is 729 g/mol. The van der Waals surface area contributed by atoms with Crippen LogP contribution in [0.5, 0.6) is 0 Å². The van der Waals surface area contributed by atoms with Crippen LogP contribution in [0, 0.1) is 5.92 Å². The Labute approximate surface area is 337 Å². The van der Waals surface area contributed by atoms with Gasteiger partial charge in [0, 0.05) is 19.5 Å². The number of rotatable bonds is 19. The Morgan fingerprint density at radius 3 is 1.82 bits per heavy atom. The van der Waals surface area contributed by atoms with E-state index >= 15 is 0 Å². The minimum atomic E-state index is -1.39. The summed E-state index contributed by atoms with van der Waals surface area (Å²) in [6.07, 6.45) is 2.87. The van der Waals surface area contributed by atoms with Crippen molar-refractivity contribution in [3.05, 3.63) is 71.8 Å². The molecule has 0 radical (unpaired) electrons. The molecule has 0 aromatic heterocycles. The fourth-order valence-electron chi connectivity index (χ4n) is 6.81. The predicted octanol–water partition coefficient (Wildman–Crippen LogP) is 3.94. The number of amides is 5. The summed E-state index contributed by atoms with van der Waals surface area (Å²) in [5, 5.41) is 11.3. The molecule has 1 fully saturated rings. The molecule has 1 heterocycles. The molecule has 1 aliphatic rings. The molecule has 3 rings (SSSR count). The number of hydrogen-bond acceptors (Lipinski definition) is 9. The van der Waals surface area contributed by atoms with Gasteiger partial charge in [-0.1, -0.05) is 101 Å². The van der Waals surface area contributed by atoms with E-state index in [0.29, 0.717) is 12.8 Å². The van der Waals surface area contributed by atoms with E-state index in [1.165, 1.54) is 7.11 Å². The van der Waals surface area contributed by atoms with Crippen LogP contribution in [0.3, 0.4) is 0 Å². The number of esters is 1. The van der Waals surface area contributed by atoms with Crippen molar-refractivity contribution in [1.82, 2.24) is 26.2 Å². The number of alkyl carbamates (subject to hydrolysis) is 1. The van der Waals surface area contributed by atoms with Gasteiger partial charge in [-0.2, -0.15) is 0 Å². The molecule has 5 amide bonds. The summed E-state index contributed by atoms with van der Waals surface area (Å²) in [5.74, 6) is -2.55. The van der Waals surface area contributed by atoms with Crippen molar-refractivity contribution < 1.29 is 38.2 Å². The number of benzene rings is 2. The first-order valence-corrected chi connectivity index (χ1v) is 20.1. The number of likely N-dealkylation sites (tertiary alicyclic amines) is 1. The number of carbonyl (C=O) groups excluding carboxylic acids is 6. The molecule has 0 unspecified atom stereocenters. The third-order valence-corrected chi connectivity index (χ3v) is 9.85. The molecule has 57 heavy (non-hydrogen) atoms. The van der Waals surface area contributed by atoms with Crippen LogP contribution in [0.4, 0.5) is 4.79 Å². The molecule has 14 heteroatoms. The van der Waals surface area contributed by atoms with Crippen LogP contribution in [-0.2, 0) is 46.3 Å². The van der Waals surface area contributed by atoms with Gasteiger partial charge in [0.2, 0.25) is 23.6 Å². The van der Waals surface area contributed by atoms with Crippen LogP contribution < -0.4 is 27.0 Å². The van der Waals surface area contributed by atoms with Gasteiger partial charge < -0.3 is 41.4 Å². The van der Waals surface area contributed by atoms with Crippen LogP contribution in [0.15, 0.2) is 60.7 Å². The standard InChI is InChI=1S/C43H64N6O8/c1-8-9-12-21-33(39(53)49-24-22-43(23-25-49,40(54)56-7)48-41(55)57-42(4,5)6)45-37(51)34(26-29(2)3)47-38(52)35(28-31-19-15-11-16-20-31)46-36(50)32(44)27-30-17-13-10-14-18-30/h10-11,13-20,29,32-35H,8-9,12,21-28,44H2,1-7H3,(H,45,51)(H,46,50)(H,47,52)(H,48,55)/t32-,33-,34-,35-/m1/s1. The maximum atomic E-state index is 14.1. The second kappa shape index (κ2) is 22.1. The van der Waals surface area contributed by atoms with Crippen LogP contribution in [0.25, 0.3) is 0 Å². The minimum absolute atomic E-state index is 0.0113. The van der Waals surface area contributed by atoms with Crippen molar-refractivity contribution in [2.45, 2.75) is 135 Å². The zero-order valence-corrected chi connectivity index (χ0v) is 34.7. The molecule has 0 bridgehead atoms. The number of carbonyl (C=O) groups is 6. The van der Waals surface area contributed by atoms with E-state index in [9.17, 15) is 28.8 Å². The highest BCUT2D eigenvalue weighted by atomic mass is 16.6. The first-order chi connectivity index (χ1) is 27.0. The highest BCUT2D eigenvalue weighted by molar-refractivity contribution is 5.95. The first kappa shape index (κ1) is 46.4. The van der Waals surface area contributed by atoms with Gasteiger partial charge in [0.25, 0.3) is 0 Å². The van der Waals surface area contributed by atoms with Crippen molar-refractivity contribution >= 4 is 35.7 Å². The second-order valence-corrected chi connectivity index (χ2v) is 16.3. The minimum Gasteiger partial charge on any atom is -0.467 e. The van der Waals surface area contributed by atoms with E-state index in [4.69, 9.17) is 15.2 Å². The van der Waals surface area contributed by atoms with Crippen LogP contribution >= 0.6 is 0 Å². The summed E-state index contributed by atoms with van der Waals surface area (Å²) in [5.41, 5.74) is 5.80. The highest BCUT2D eigenvalue weighted by Gasteiger charge is 2.46. The van der Waals surface area contributed by atoms with E-state index in [2.05, 4.69) is 21.3 Å². The number of nitrogens with one attached hydrogen (secondary N) is 4. The quantitative estimate of drug-likeness (QED) is 0.103. The monoisotopic (exact) mass is 792 g/mol. The molecular formula is C43H64N6O8. The Kier molecular flexibility index (Phi) is 18.0. The summed E-state index contributed by atoms with van der Waals surface area (Å²) in [7, 11) is 1.24. The lowest BCUT2D eigenvalue weighted by atomic mass is 9.87. The van der Waals surface area contributed by atoms with Crippen LogP contribution in [-0.4, -0.2) is 96.1 Å². The number of ether oxygens (including phenoxy) is 2. The third-order valence-electron chi connectivity index (χ3n) is 9.85. The zero-order chi connectivity index (χ0) is 42.2. The highest BCUT2D eigenvalue weighted by Crippen LogP contribution is 2.26. The Bertz CT molecular complexity index is 1620. The summed E-state index contributed by atoms with van der Waals surface area (Å²) in [6.45, 7) is 11.3. The van der Waals surface area contributed by atoms with Crippen molar-refractivity contribution in [2.24, 2.45) is 11.7 Å². The molecule has 0 spiro atoms. The Hall–Kier alpha value is -4.98. The fraction of sp³-hybridized carbons (Fsp3) is 0.581. The average molecular weight is 793 g/mol. The number of hydrogen-bond donors (Lipinski definition) is 5. The van der Waals surface area contributed by atoms with E-state index in [0.717, 1.165) is 24.0 Å². The fourth-order valence-corrected chi connectivity index (χ4v) is 6.81. The first-order valence-electron chi connectivity index (χ1n) is 20.1. The van der Waals surface area contributed by atoms with Gasteiger partial charge in [-0.25, -0.2) is 9.59 Å². The average Bonchev–Trinajstić information content (AvgIpc) is 3.16. The third kappa shape index (κ3) is 15.1. The molecule has 0 aliphatic carbocycles. The SMILES string of the molecule is CCCCC[C@@H](NC(=O)[C@@H](CC(C)C)NC(=O)[C@@H](Cc1ccccc1)NC(=O)[C@H](N)Cc1ccccc1)C(=O)N1CCC(NC(=O)OC(C)(C)C)(C(=O)OC)CC1. The molecule has 6 N–H and O–H groups in total. The van der Waals surface area contributed by atoms with Gasteiger partial charge in [-0.3, -0.25) is 19.2 Å². The number of nitrogens with two attached hydrogens (primary N) is 1. The molecule has 14 nitrogen and oxygen atoms in total. The number of unbranched alkanes of at least 4 members (excludes halogenated alkanes) is 2. The number of piperidine rings is 1. The lowest BCUT2D eigenvalue weighted by Crippen LogP contribution is -2.63. The van der Waals surface area contributed by atoms with E-state index in [1.54, 1.807) is 25.7 Å². The van der Waals surface area contributed by atoms with Crippen molar-refractivity contribution in [2.75, 3.05) is 20.2 Å². The summed E-state index contributed by atoms with van der Waals surface area (Å²) < 4.78 is 10.4. The lowest BCUT2D eigenvalue weighted by Gasteiger charge is -2.41. The maximum absolute atomic E-state index is 14.1. The Morgan fingerprint density at radius 2 is 1.30 bits per heavy atom. The van der Waals surface area contributed by atoms with Gasteiger partial charge in [0.05, 0.1) is 13.2 Å². The number of nitrogens with zero attached hydrogens (tertiary/aromatic N) is 1. The number of methoxy groups -OCH3 is 1. The van der Waals surface area contributed by atoms with Crippen LogP contribution in [0.2, 0.25) is 0 Å². The van der Waals surface area contributed by atoms with Gasteiger partial charge in [0.15, 0.2) is 0 Å². The summed E-state index contributed by atoms with van der Waals surface area (Å²) in [4.78, 5) is 82.9. The van der Waals surface area contributed by atoms with Gasteiger partial charge in [-0.15, -0.1) is 0 Å². The van der Waals surface area contributed by atoms with Crippen molar-refractivity contribution in [3.8, 4) is 0 Å². The van der Waals surface area contributed by atoms with E-state index < -0.39 is 65.1 Å². The second-order valence-electron chi connectivity index (χ2n) is 16.3. The maximum Gasteiger partial charge on any atom is 0.408 e.